The fourth-order valence-electron chi connectivity index (χ4n) is 2.92. The number of carboxylic acids is 1. The third kappa shape index (κ3) is 3.96. The molecule has 0 radical (unpaired) electrons. The van der Waals surface area contributed by atoms with Crippen LogP contribution in [0, 0.1) is 5.82 Å². The monoisotopic (exact) mass is 342 g/mol. The van der Waals surface area contributed by atoms with Gasteiger partial charge in [0, 0.05) is 18.7 Å². The van der Waals surface area contributed by atoms with Crippen molar-refractivity contribution in [1.82, 2.24) is 5.32 Å². The fraction of sp³-hybridized carbons (Fsp3) is 0.263. The maximum atomic E-state index is 13.0. The minimum Gasteiger partial charge on any atom is -0.480 e. The number of carbonyl (C=O) groups is 2. The summed E-state index contributed by atoms with van der Waals surface area (Å²) in [6.45, 7) is 0.681. The van der Waals surface area contributed by atoms with E-state index >= 15 is 0 Å². The van der Waals surface area contributed by atoms with Crippen LogP contribution in [0.25, 0.3) is 0 Å². The number of halogens is 1. The summed E-state index contributed by atoms with van der Waals surface area (Å²) in [5, 5.41) is 12.0. The lowest BCUT2D eigenvalue weighted by atomic mass is 9.99. The van der Waals surface area contributed by atoms with Gasteiger partial charge in [-0.3, -0.25) is 4.79 Å². The van der Waals surface area contributed by atoms with Crippen molar-refractivity contribution >= 4 is 17.6 Å². The van der Waals surface area contributed by atoms with Crippen LogP contribution in [0.1, 0.15) is 12.0 Å². The predicted molar refractivity (Wildman–Crippen MR) is 91.9 cm³/mol. The summed E-state index contributed by atoms with van der Waals surface area (Å²) in [6.07, 6.45) is 0.867. The van der Waals surface area contributed by atoms with E-state index in [0.717, 1.165) is 11.3 Å². The summed E-state index contributed by atoms with van der Waals surface area (Å²) in [4.78, 5) is 25.8. The highest BCUT2D eigenvalue weighted by Crippen LogP contribution is 2.26. The van der Waals surface area contributed by atoms with E-state index in [0.29, 0.717) is 13.0 Å². The Morgan fingerprint density at radius 3 is 2.40 bits per heavy atom. The fourth-order valence-corrected chi connectivity index (χ4v) is 2.92. The molecule has 130 valence electrons. The Kier molecular flexibility index (Phi) is 4.97. The molecule has 2 aromatic carbocycles. The molecule has 0 unspecified atom stereocenters. The highest BCUT2D eigenvalue weighted by molar-refractivity contribution is 5.90. The molecule has 2 N–H and O–H groups in total. The van der Waals surface area contributed by atoms with Crippen molar-refractivity contribution in [3.8, 4) is 0 Å². The third-order valence-corrected chi connectivity index (χ3v) is 4.38. The number of hydrogen-bond donors (Lipinski definition) is 2. The lowest BCUT2D eigenvalue weighted by Gasteiger charge is -2.42. The van der Waals surface area contributed by atoms with Crippen molar-refractivity contribution in [2.24, 2.45) is 0 Å². The molecule has 0 spiro atoms. The minimum atomic E-state index is -1.06. The second-order valence-corrected chi connectivity index (χ2v) is 6.06. The molecule has 0 bridgehead atoms. The molecule has 1 heterocycles. The first-order valence-electron chi connectivity index (χ1n) is 8.14. The van der Waals surface area contributed by atoms with Crippen LogP contribution in [0.2, 0.25) is 0 Å². The Morgan fingerprint density at radius 1 is 1.16 bits per heavy atom. The van der Waals surface area contributed by atoms with Crippen molar-refractivity contribution in [2.75, 3.05) is 11.4 Å². The largest absolute Gasteiger partial charge is 0.480 e. The van der Waals surface area contributed by atoms with Crippen LogP contribution in [-0.2, 0) is 16.0 Å². The number of amides is 1. The van der Waals surface area contributed by atoms with E-state index in [1.165, 1.54) is 12.1 Å². The number of benzene rings is 2. The zero-order valence-corrected chi connectivity index (χ0v) is 13.6. The maximum absolute atomic E-state index is 13.0. The summed E-state index contributed by atoms with van der Waals surface area (Å²) >= 11 is 0. The second kappa shape index (κ2) is 7.34. The van der Waals surface area contributed by atoms with Gasteiger partial charge in [0.2, 0.25) is 5.91 Å². The van der Waals surface area contributed by atoms with E-state index in [1.807, 2.05) is 35.2 Å². The van der Waals surface area contributed by atoms with Gasteiger partial charge in [-0.2, -0.15) is 0 Å². The van der Waals surface area contributed by atoms with Crippen molar-refractivity contribution in [3.05, 3.63) is 66.0 Å². The first-order chi connectivity index (χ1) is 12.0. The van der Waals surface area contributed by atoms with E-state index < -0.39 is 18.1 Å². The molecule has 2 aromatic rings. The SMILES string of the molecule is O=C(O)[C@H](Cc1ccccc1)NC(=O)[C@@H]1CCN1c1ccc(F)cc1. The first kappa shape index (κ1) is 17.0. The van der Waals surface area contributed by atoms with E-state index in [-0.39, 0.29) is 18.1 Å². The topological polar surface area (TPSA) is 69.6 Å². The van der Waals surface area contributed by atoms with Crippen molar-refractivity contribution in [2.45, 2.75) is 24.9 Å². The Labute approximate surface area is 145 Å². The number of carbonyl (C=O) groups excluding carboxylic acids is 1. The quantitative estimate of drug-likeness (QED) is 0.845. The predicted octanol–water partition coefficient (Wildman–Crippen LogP) is 2.22. The Bertz CT molecular complexity index is 749. The lowest BCUT2D eigenvalue weighted by Crippen LogP contribution is -2.59. The molecular formula is C19H19FN2O3. The standard InChI is InChI=1S/C19H19FN2O3/c20-14-6-8-15(9-7-14)22-11-10-17(22)18(23)21-16(19(24)25)12-13-4-2-1-3-5-13/h1-9,16-17H,10-12H2,(H,21,23)(H,24,25)/t16-,17-/m0/s1. The van der Waals surface area contributed by atoms with E-state index in [1.54, 1.807) is 12.1 Å². The smallest absolute Gasteiger partial charge is 0.326 e. The molecule has 0 aliphatic carbocycles. The molecule has 2 atom stereocenters. The number of nitrogens with zero attached hydrogens (tertiary/aromatic N) is 1. The molecule has 1 aliphatic rings. The average Bonchev–Trinajstić information content (AvgIpc) is 2.56. The lowest BCUT2D eigenvalue weighted by molar-refractivity contribution is -0.142. The van der Waals surface area contributed by atoms with Crippen LogP contribution in [-0.4, -0.2) is 35.6 Å². The number of rotatable bonds is 6. The van der Waals surface area contributed by atoms with Crippen LogP contribution >= 0.6 is 0 Å². The highest BCUT2D eigenvalue weighted by Gasteiger charge is 2.36. The van der Waals surface area contributed by atoms with Gasteiger partial charge >= 0.3 is 5.97 Å². The van der Waals surface area contributed by atoms with E-state index in [2.05, 4.69) is 5.32 Å². The summed E-state index contributed by atoms with van der Waals surface area (Å²) in [7, 11) is 0. The summed E-state index contributed by atoms with van der Waals surface area (Å²) < 4.78 is 13.0. The van der Waals surface area contributed by atoms with Gasteiger partial charge in [-0.1, -0.05) is 30.3 Å². The number of anilines is 1. The maximum Gasteiger partial charge on any atom is 0.326 e. The number of carboxylic acid groups (broad SMARTS) is 1. The normalized spacial score (nSPS) is 17.5. The number of nitrogens with one attached hydrogen (secondary N) is 1. The molecule has 3 rings (SSSR count). The third-order valence-electron chi connectivity index (χ3n) is 4.38. The molecule has 6 heteroatoms. The molecule has 1 amide bonds. The van der Waals surface area contributed by atoms with Crippen molar-refractivity contribution in [3.63, 3.8) is 0 Å². The molecule has 0 aromatic heterocycles. The van der Waals surface area contributed by atoms with Gasteiger partial charge < -0.3 is 15.3 Å². The van der Waals surface area contributed by atoms with Crippen molar-refractivity contribution < 1.29 is 19.1 Å². The summed E-state index contributed by atoms with van der Waals surface area (Å²) in [5.41, 5.74) is 1.60. The van der Waals surface area contributed by atoms with Gasteiger partial charge in [-0.05, 0) is 36.2 Å². The zero-order chi connectivity index (χ0) is 17.8. The molecule has 1 fully saturated rings. The van der Waals surface area contributed by atoms with Crippen LogP contribution in [0.3, 0.4) is 0 Å². The van der Waals surface area contributed by atoms with Gasteiger partial charge in [0.25, 0.3) is 0 Å². The second-order valence-electron chi connectivity index (χ2n) is 6.06. The zero-order valence-electron chi connectivity index (χ0n) is 13.6. The first-order valence-corrected chi connectivity index (χ1v) is 8.14. The summed E-state index contributed by atoms with van der Waals surface area (Å²) in [6, 6.07) is 13.7. The summed E-state index contributed by atoms with van der Waals surface area (Å²) in [5.74, 6) is -1.72. The molecule has 1 saturated heterocycles. The Balaban J connectivity index is 1.65. The van der Waals surface area contributed by atoms with E-state index in [9.17, 15) is 19.1 Å². The molecule has 1 aliphatic heterocycles. The van der Waals surface area contributed by atoms with Crippen LogP contribution in [0.15, 0.2) is 54.6 Å². The molecule has 25 heavy (non-hydrogen) atoms. The van der Waals surface area contributed by atoms with Crippen LogP contribution < -0.4 is 10.2 Å². The average molecular weight is 342 g/mol. The van der Waals surface area contributed by atoms with Crippen molar-refractivity contribution in [1.29, 1.82) is 0 Å². The Morgan fingerprint density at radius 2 is 1.84 bits per heavy atom. The van der Waals surface area contributed by atoms with Gasteiger partial charge in [0.15, 0.2) is 0 Å². The van der Waals surface area contributed by atoms with Crippen LogP contribution in [0.5, 0.6) is 0 Å². The number of hydrogen-bond acceptors (Lipinski definition) is 3. The van der Waals surface area contributed by atoms with Crippen LogP contribution in [0.4, 0.5) is 10.1 Å². The van der Waals surface area contributed by atoms with Gasteiger partial charge in [0.05, 0.1) is 0 Å². The highest BCUT2D eigenvalue weighted by atomic mass is 19.1. The van der Waals surface area contributed by atoms with Gasteiger partial charge in [-0.15, -0.1) is 0 Å². The molecular weight excluding hydrogens is 323 g/mol. The minimum absolute atomic E-state index is 0.227. The van der Waals surface area contributed by atoms with E-state index in [4.69, 9.17) is 0 Å². The Hall–Kier alpha value is -2.89. The number of aliphatic carboxylic acids is 1. The van der Waals surface area contributed by atoms with Gasteiger partial charge in [-0.25, -0.2) is 9.18 Å². The molecule has 5 nitrogen and oxygen atoms in total. The molecule has 0 saturated carbocycles. The van der Waals surface area contributed by atoms with Gasteiger partial charge in [0.1, 0.15) is 17.9 Å².